The van der Waals surface area contributed by atoms with Crippen LogP contribution in [0, 0.1) is 5.92 Å². The van der Waals surface area contributed by atoms with Crippen LogP contribution in [0.25, 0.3) is 0 Å². The molecule has 0 aliphatic carbocycles. The van der Waals surface area contributed by atoms with Crippen molar-refractivity contribution < 1.29 is 19.0 Å². The fourth-order valence-electron chi connectivity index (χ4n) is 4.04. The summed E-state index contributed by atoms with van der Waals surface area (Å²) in [6, 6.07) is 14.9. The second kappa shape index (κ2) is 6.98. The molecule has 2 aromatic carbocycles. The van der Waals surface area contributed by atoms with Gasteiger partial charge in [-0.3, -0.25) is 9.69 Å². The van der Waals surface area contributed by atoms with Crippen LogP contribution in [0.2, 0.25) is 0 Å². The lowest BCUT2D eigenvalue weighted by Gasteiger charge is -2.55. The summed E-state index contributed by atoms with van der Waals surface area (Å²) in [5.41, 5.74) is 0.632. The average Bonchev–Trinajstić information content (AvgIpc) is 2.67. The fraction of sp³-hybridized carbons (Fsp3) is 0.333. The highest BCUT2D eigenvalue weighted by molar-refractivity contribution is 7.80. The quantitative estimate of drug-likeness (QED) is 0.625. The molecule has 1 saturated heterocycles. The molecule has 146 valence electrons. The van der Waals surface area contributed by atoms with Gasteiger partial charge in [-0.25, -0.2) is 0 Å². The Labute approximate surface area is 169 Å². The molecule has 2 aliphatic rings. The number of rotatable bonds is 4. The maximum Gasteiger partial charge on any atom is 0.317 e. The first kappa shape index (κ1) is 18.6. The maximum atomic E-state index is 13.0. The lowest BCUT2D eigenvalue weighted by atomic mass is 9.79. The molecule has 0 unspecified atom stereocenters. The van der Waals surface area contributed by atoms with Crippen molar-refractivity contribution in [2.24, 2.45) is 5.92 Å². The number of benzene rings is 2. The molecule has 0 radical (unpaired) electrons. The van der Waals surface area contributed by atoms with Gasteiger partial charge in [-0.05, 0) is 50.3 Å². The molecule has 2 aliphatic heterocycles. The van der Waals surface area contributed by atoms with Crippen molar-refractivity contribution in [3.05, 3.63) is 54.1 Å². The zero-order valence-electron chi connectivity index (χ0n) is 16.0. The van der Waals surface area contributed by atoms with Crippen molar-refractivity contribution in [2.75, 3.05) is 18.6 Å². The summed E-state index contributed by atoms with van der Waals surface area (Å²) in [5, 5.41) is 3.84. The van der Waals surface area contributed by atoms with E-state index in [0.29, 0.717) is 23.2 Å². The molecule has 0 spiro atoms. The lowest BCUT2D eigenvalue weighted by molar-refractivity contribution is -0.159. The topological polar surface area (TPSA) is 60.0 Å². The summed E-state index contributed by atoms with van der Waals surface area (Å²) in [6.07, 6.45) is 0. The average molecular weight is 398 g/mol. The predicted octanol–water partition coefficient (Wildman–Crippen LogP) is 3.42. The zero-order valence-corrected chi connectivity index (χ0v) is 16.8. The Kier molecular flexibility index (Phi) is 4.63. The van der Waals surface area contributed by atoms with Crippen LogP contribution in [0.3, 0.4) is 0 Å². The summed E-state index contributed by atoms with van der Waals surface area (Å²) in [7, 11) is 1.61. The van der Waals surface area contributed by atoms with Gasteiger partial charge in [0.1, 0.15) is 17.4 Å². The van der Waals surface area contributed by atoms with Crippen molar-refractivity contribution >= 4 is 29.0 Å². The van der Waals surface area contributed by atoms with Crippen molar-refractivity contribution in [2.45, 2.75) is 25.6 Å². The Morgan fingerprint density at radius 1 is 1.29 bits per heavy atom. The smallest absolute Gasteiger partial charge is 0.317 e. The molecule has 2 aromatic rings. The third kappa shape index (κ3) is 2.77. The van der Waals surface area contributed by atoms with Crippen LogP contribution in [0.4, 0.5) is 5.69 Å². The van der Waals surface area contributed by atoms with Crippen LogP contribution in [0.1, 0.15) is 25.5 Å². The van der Waals surface area contributed by atoms with Gasteiger partial charge in [0, 0.05) is 17.3 Å². The Morgan fingerprint density at radius 2 is 2.04 bits per heavy atom. The number of ether oxygens (including phenoxy) is 3. The molecular formula is C21H22N2O4S. The van der Waals surface area contributed by atoms with Crippen LogP contribution in [0.5, 0.6) is 11.5 Å². The number of hydrogen-bond donors (Lipinski definition) is 1. The molecular weight excluding hydrogens is 376 g/mol. The predicted molar refractivity (Wildman–Crippen MR) is 110 cm³/mol. The van der Waals surface area contributed by atoms with E-state index in [9.17, 15) is 4.79 Å². The Morgan fingerprint density at radius 3 is 2.71 bits per heavy atom. The first-order valence-electron chi connectivity index (χ1n) is 9.19. The van der Waals surface area contributed by atoms with Gasteiger partial charge in [-0.15, -0.1) is 0 Å². The fourth-order valence-corrected chi connectivity index (χ4v) is 4.46. The van der Waals surface area contributed by atoms with Crippen LogP contribution in [0.15, 0.2) is 48.5 Å². The molecule has 2 bridgehead atoms. The standard InChI is InChI=1S/C21H22N2O4S/c1-4-26-19(24)17-18-15-11-10-14(25-3)12-16(15)27-21(17,2)23(20(28)22-18)13-8-6-5-7-9-13/h5-12,17-18H,4H2,1-3H3,(H,22,28)/t17-,18+,21+/m1/s1. The number of anilines is 1. The van der Waals surface area contributed by atoms with E-state index in [0.717, 1.165) is 11.3 Å². The highest BCUT2D eigenvalue weighted by Gasteiger charge is 2.59. The molecule has 7 heteroatoms. The molecule has 4 rings (SSSR count). The molecule has 2 heterocycles. The number of carbonyl (C=O) groups is 1. The van der Waals surface area contributed by atoms with E-state index in [-0.39, 0.29) is 12.0 Å². The highest BCUT2D eigenvalue weighted by Crippen LogP contribution is 2.50. The van der Waals surface area contributed by atoms with E-state index < -0.39 is 11.6 Å². The summed E-state index contributed by atoms with van der Waals surface area (Å²) in [5.74, 6) is 0.403. The molecule has 1 N–H and O–H groups in total. The van der Waals surface area contributed by atoms with Crippen molar-refractivity contribution in [1.29, 1.82) is 0 Å². The number of carbonyl (C=O) groups excluding carboxylic acids is 1. The lowest BCUT2D eigenvalue weighted by Crippen LogP contribution is -2.71. The number of hydrogen-bond acceptors (Lipinski definition) is 5. The SMILES string of the molecule is CCOC(=O)[C@H]1[C@H]2NC(=S)N(c3ccccc3)[C@@]1(C)Oc1cc(OC)ccc12. The van der Waals surface area contributed by atoms with Gasteiger partial charge in [0.05, 0.1) is 19.8 Å². The first-order chi connectivity index (χ1) is 13.5. The highest BCUT2D eigenvalue weighted by atomic mass is 32.1. The minimum Gasteiger partial charge on any atom is -0.497 e. The zero-order chi connectivity index (χ0) is 19.9. The Bertz CT molecular complexity index is 920. The number of methoxy groups -OCH3 is 1. The molecule has 0 aromatic heterocycles. The number of nitrogens with one attached hydrogen (secondary N) is 1. The molecule has 0 saturated carbocycles. The minimum absolute atomic E-state index is 0.295. The minimum atomic E-state index is -1.06. The number of para-hydroxylation sites is 1. The summed E-state index contributed by atoms with van der Waals surface area (Å²) < 4.78 is 17.2. The van der Waals surface area contributed by atoms with Crippen LogP contribution < -0.4 is 19.7 Å². The number of fused-ring (bicyclic) bond motifs is 4. The molecule has 0 amide bonds. The van der Waals surface area contributed by atoms with E-state index in [1.165, 1.54) is 0 Å². The van der Waals surface area contributed by atoms with Crippen molar-refractivity contribution in [3.63, 3.8) is 0 Å². The van der Waals surface area contributed by atoms with Gasteiger partial charge in [0.2, 0.25) is 5.72 Å². The van der Waals surface area contributed by atoms with Gasteiger partial charge < -0.3 is 19.5 Å². The number of thiocarbonyl (C=S) groups is 1. The van der Waals surface area contributed by atoms with E-state index in [4.69, 9.17) is 26.4 Å². The van der Waals surface area contributed by atoms with Gasteiger partial charge >= 0.3 is 5.97 Å². The Balaban J connectivity index is 1.89. The van der Waals surface area contributed by atoms with E-state index in [2.05, 4.69) is 5.32 Å². The van der Waals surface area contributed by atoms with E-state index in [1.54, 1.807) is 14.0 Å². The van der Waals surface area contributed by atoms with Gasteiger partial charge in [0.15, 0.2) is 5.11 Å². The van der Waals surface area contributed by atoms with E-state index in [1.807, 2.05) is 60.4 Å². The summed E-state index contributed by atoms with van der Waals surface area (Å²) in [4.78, 5) is 14.8. The second-order valence-corrected chi connectivity index (χ2v) is 7.28. The van der Waals surface area contributed by atoms with Crippen LogP contribution in [-0.4, -0.2) is 30.5 Å². The Hall–Kier alpha value is -2.80. The molecule has 28 heavy (non-hydrogen) atoms. The monoisotopic (exact) mass is 398 g/mol. The summed E-state index contributed by atoms with van der Waals surface area (Å²) >= 11 is 5.68. The number of nitrogens with zero attached hydrogens (tertiary/aromatic N) is 1. The van der Waals surface area contributed by atoms with E-state index >= 15 is 0 Å². The van der Waals surface area contributed by atoms with Crippen LogP contribution in [-0.2, 0) is 9.53 Å². The van der Waals surface area contributed by atoms with Crippen LogP contribution >= 0.6 is 12.2 Å². The molecule has 6 nitrogen and oxygen atoms in total. The summed E-state index contributed by atoms with van der Waals surface area (Å²) in [6.45, 7) is 3.97. The molecule has 3 atom stereocenters. The van der Waals surface area contributed by atoms with Gasteiger partial charge in [-0.1, -0.05) is 18.2 Å². The third-order valence-electron chi connectivity index (χ3n) is 5.26. The largest absolute Gasteiger partial charge is 0.497 e. The molecule has 1 fully saturated rings. The normalized spacial score (nSPS) is 25.2. The third-order valence-corrected chi connectivity index (χ3v) is 5.56. The van der Waals surface area contributed by atoms with Gasteiger partial charge in [-0.2, -0.15) is 0 Å². The maximum absolute atomic E-state index is 13.0. The number of esters is 1. The van der Waals surface area contributed by atoms with Crippen molar-refractivity contribution in [1.82, 2.24) is 5.32 Å². The van der Waals surface area contributed by atoms with Crippen molar-refractivity contribution in [3.8, 4) is 11.5 Å². The first-order valence-corrected chi connectivity index (χ1v) is 9.59. The second-order valence-electron chi connectivity index (χ2n) is 6.89. The van der Waals surface area contributed by atoms with Gasteiger partial charge in [0.25, 0.3) is 0 Å².